The first kappa shape index (κ1) is 17.9. The second-order valence-corrected chi connectivity index (χ2v) is 7.82. The highest BCUT2D eigenvalue weighted by atomic mass is 35.5. The minimum absolute atomic E-state index is 0.0708. The van der Waals surface area contributed by atoms with Gasteiger partial charge in [-0.25, -0.2) is 8.42 Å². The highest BCUT2D eigenvalue weighted by Crippen LogP contribution is 2.28. The van der Waals surface area contributed by atoms with Gasteiger partial charge in [0.25, 0.3) is 0 Å². The lowest BCUT2D eigenvalue weighted by Crippen LogP contribution is -2.30. The molecule has 0 aliphatic rings. The lowest BCUT2D eigenvalue weighted by Gasteiger charge is -2.19. The zero-order valence-corrected chi connectivity index (χ0v) is 15.3. The van der Waals surface area contributed by atoms with E-state index in [1.165, 1.54) is 18.2 Å². The SMILES string of the molecule is O=S(=O)(NC(c1ccccc1)c1ccccn1)c1cc(Cl)ccc1Cl. The molecule has 2 aromatic carbocycles. The lowest BCUT2D eigenvalue weighted by atomic mass is 10.0. The summed E-state index contributed by atoms with van der Waals surface area (Å²) in [6.07, 6.45) is 1.62. The second-order valence-electron chi connectivity index (χ2n) is 5.29. The van der Waals surface area contributed by atoms with Crippen molar-refractivity contribution in [3.8, 4) is 0 Å². The van der Waals surface area contributed by atoms with Crippen LogP contribution in [0.1, 0.15) is 17.3 Å². The average Bonchev–Trinajstić information content (AvgIpc) is 2.63. The standard InChI is InChI=1S/C18H14Cl2N2O2S/c19-14-9-10-15(20)17(12-14)25(23,24)22-18(13-6-2-1-3-7-13)16-8-4-5-11-21-16/h1-12,18,22H. The van der Waals surface area contributed by atoms with Crippen LogP contribution >= 0.6 is 23.2 Å². The molecule has 1 atom stereocenters. The molecule has 3 rings (SSSR count). The summed E-state index contributed by atoms with van der Waals surface area (Å²) in [5, 5.41) is 0.392. The van der Waals surface area contributed by atoms with Gasteiger partial charge in [0.2, 0.25) is 10.0 Å². The van der Waals surface area contributed by atoms with Gasteiger partial charge < -0.3 is 0 Å². The molecule has 1 N–H and O–H groups in total. The van der Waals surface area contributed by atoms with Crippen LogP contribution in [0.25, 0.3) is 0 Å². The molecule has 3 aromatic rings. The molecule has 7 heteroatoms. The van der Waals surface area contributed by atoms with E-state index in [1.807, 2.05) is 30.3 Å². The van der Waals surface area contributed by atoms with E-state index >= 15 is 0 Å². The van der Waals surface area contributed by atoms with Gasteiger partial charge in [0.15, 0.2) is 0 Å². The highest BCUT2D eigenvalue weighted by molar-refractivity contribution is 7.89. The zero-order chi connectivity index (χ0) is 17.9. The third-order valence-electron chi connectivity index (χ3n) is 3.57. The summed E-state index contributed by atoms with van der Waals surface area (Å²) in [7, 11) is -3.92. The number of nitrogens with one attached hydrogen (secondary N) is 1. The summed E-state index contributed by atoms with van der Waals surface area (Å²) < 4.78 is 28.4. The number of pyridine rings is 1. The molecule has 0 saturated carbocycles. The molecule has 0 amide bonds. The Morgan fingerprint density at radius 3 is 2.32 bits per heavy atom. The van der Waals surface area contributed by atoms with E-state index in [2.05, 4.69) is 9.71 Å². The van der Waals surface area contributed by atoms with E-state index in [4.69, 9.17) is 23.2 Å². The van der Waals surface area contributed by atoms with Gasteiger partial charge in [0.1, 0.15) is 4.90 Å². The van der Waals surface area contributed by atoms with E-state index < -0.39 is 16.1 Å². The molecule has 0 fully saturated rings. The van der Waals surface area contributed by atoms with Crippen LogP contribution in [0.3, 0.4) is 0 Å². The largest absolute Gasteiger partial charge is 0.259 e. The maximum atomic E-state index is 12.9. The first-order chi connectivity index (χ1) is 12.0. The van der Waals surface area contributed by atoms with Gasteiger partial charge in [-0.15, -0.1) is 0 Å². The molecule has 1 unspecified atom stereocenters. The van der Waals surface area contributed by atoms with E-state index in [1.54, 1.807) is 24.4 Å². The van der Waals surface area contributed by atoms with Crippen molar-refractivity contribution in [1.29, 1.82) is 0 Å². The fraction of sp³-hybridized carbons (Fsp3) is 0.0556. The smallest absolute Gasteiger partial charge is 0.243 e. The number of halogens is 2. The summed E-state index contributed by atoms with van der Waals surface area (Å²) in [4.78, 5) is 4.22. The van der Waals surface area contributed by atoms with Crippen molar-refractivity contribution >= 4 is 33.2 Å². The van der Waals surface area contributed by atoms with Gasteiger partial charge in [-0.1, -0.05) is 59.6 Å². The molecular formula is C18H14Cl2N2O2S. The molecule has 25 heavy (non-hydrogen) atoms. The third-order valence-corrected chi connectivity index (χ3v) is 5.71. The topological polar surface area (TPSA) is 59.1 Å². The van der Waals surface area contributed by atoms with Gasteiger partial charge in [-0.3, -0.25) is 4.98 Å². The average molecular weight is 393 g/mol. The summed E-state index contributed by atoms with van der Waals surface area (Å²) in [5.74, 6) is 0. The molecule has 4 nitrogen and oxygen atoms in total. The summed E-state index contributed by atoms with van der Waals surface area (Å²) >= 11 is 12.0. The lowest BCUT2D eigenvalue weighted by molar-refractivity contribution is 0.570. The van der Waals surface area contributed by atoms with Gasteiger partial charge in [-0.2, -0.15) is 4.72 Å². The molecule has 0 saturated heterocycles. The Kier molecular flexibility index (Phi) is 5.39. The Morgan fingerprint density at radius 2 is 1.64 bits per heavy atom. The molecule has 1 heterocycles. The molecule has 0 radical (unpaired) electrons. The van der Waals surface area contributed by atoms with Crippen molar-refractivity contribution in [3.05, 3.63) is 94.2 Å². The van der Waals surface area contributed by atoms with Gasteiger partial charge in [0.05, 0.1) is 16.8 Å². The van der Waals surface area contributed by atoms with Crippen LogP contribution in [0, 0.1) is 0 Å². The van der Waals surface area contributed by atoms with Crippen LogP contribution < -0.4 is 4.72 Å². The van der Waals surface area contributed by atoms with Crippen LogP contribution in [-0.4, -0.2) is 13.4 Å². The van der Waals surface area contributed by atoms with E-state index in [-0.39, 0.29) is 9.92 Å². The first-order valence-corrected chi connectivity index (χ1v) is 9.64. The fourth-order valence-electron chi connectivity index (χ4n) is 2.39. The zero-order valence-electron chi connectivity index (χ0n) is 12.9. The molecule has 0 aliphatic carbocycles. The number of benzene rings is 2. The van der Waals surface area contributed by atoms with Crippen molar-refractivity contribution < 1.29 is 8.42 Å². The normalized spacial score (nSPS) is 12.7. The maximum absolute atomic E-state index is 12.9. The Bertz CT molecular complexity index is 925. The number of rotatable bonds is 5. The van der Waals surface area contributed by atoms with Crippen LogP contribution in [0.15, 0.2) is 77.8 Å². The van der Waals surface area contributed by atoms with Crippen molar-refractivity contribution in [2.24, 2.45) is 0 Å². The molecule has 0 aliphatic heterocycles. The second kappa shape index (κ2) is 7.54. The van der Waals surface area contributed by atoms with Crippen LogP contribution in [-0.2, 0) is 10.0 Å². The quantitative estimate of drug-likeness (QED) is 0.697. The number of nitrogens with zero attached hydrogens (tertiary/aromatic N) is 1. The number of aromatic nitrogens is 1. The van der Waals surface area contributed by atoms with Crippen LogP contribution in [0.5, 0.6) is 0 Å². The predicted octanol–water partition coefficient (Wildman–Crippen LogP) is 4.46. The number of sulfonamides is 1. The highest BCUT2D eigenvalue weighted by Gasteiger charge is 2.25. The van der Waals surface area contributed by atoms with Crippen LogP contribution in [0.4, 0.5) is 0 Å². The Balaban J connectivity index is 2.05. The summed E-state index contributed by atoms with van der Waals surface area (Å²) in [5.41, 5.74) is 1.35. The minimum atomic E-state index is -3.92. The van der Waals surface area contributed by atoms with Crippen LogP contribution in [0.2, 0.25) is 10.0 Å². The Hall–Kier alpha value is -1.92. The predicted molar refractivity (Wildman–Crippen MR) is 99.3 cm³/mol. The van der Waals surface area contributed by atoms with Crippen molar-refractivity contribution in [2.45, 2.75) is 10.9 Å². The third kappa shape index (κ3) is 4.19. The summed E-state index contributed by atoms with van der Waals surface area (Å²) in [6, 6.07) is 18.2. The van der Waals surface area contributed by atoms with Crippen molar-refractivity contribution in [3.63, 3.8) is 0 Å². The monoisotopic (exact) mass is 392 g/mol. The van der Waals surface area contributed by atoms with Gasteiger partial charge in [-0.05, 0) is 35.9 Å². The molecular weight excluding hydrogens is 379 g/mol. The van der Waals surface area contributed by atoms with Crippen molar-refractivity contribution in [2.75, 3.05) is 0 Å². The van der Waals surface area contributed by atoms with E-state index in [0.29, 0.717) is 10.7 Å². The maximum Gasteiger partial charge on any atom is 0.243 e. The van der Waals surface area contributed by atoms with E-state index in [9.17, 15) is 8.42 Å². The molecule has 128 valence electrons. The first-order valence-electron chi connectivity index (χ1n) is 7.40. The number of hydrogen-bond acceptors (Lipinski definition) is 3. The Labute approximate surface area is 156 Å². The van der Waals surface area contributed by atoms with Gasteiger partial charge in [0, 0.05) is 11.2 Å². The van der Waals surface area contributed by atoms with E-state index in [0.717, 1.165) is 5.56 Å². The van der Waals surface area contributed by atoms with Gasteiger partial charge >= 0.3 is 0 Å². The fourth-order valence-corrected chi connectivity index (χ4v) is 4.35. The molecule has 1 aromatic heterocycles. The molecule has 0 bridgehead atoms. The van der Waals surface area contributed by atoms with Crippen molar-refractivity contribution in [1.82, 2.24) is 9.71 Å². The minimum Gasteiger partial charge on any atom is -0.259 e. The molecule has 0 spiro atoms. The number of hydrogen-bond donors (Lipinski definition) is 1. The Morgan fingerprint density at radius 1 is 0.920 bits per heavy atom. The summed E-state index contributed by atoms with van der Waals surface area (Å²) in [6.45, 7) is 0.